The first-order valence-corrected chi connectivity index (χ1v) is 7.06. The highest BCUT2D eigenvalue weighted by Crippen LogP contribution is 2.27. The molecule has 4 nitrogen and oxygen atoms in total. The van der Waals surface area contributed by atoms with Gasteiger partial charge in [-0.25, -0.2) is 0 Å². The summed E-state index contributed by atoms with van der Waals surface area (Å²) in [6.45, 7) is 5.13. The molecule has 0 radical (unpaired) electrons. The Morgan fingerprint density at radius 2 is 2.32 bits per heavy atom. The van der Waals surface area contributed by atoms with Crippen LogP contribution in [0.4, 0.5) is 0 Å². The molecule has 19 heavy (non-hydrogen) atoms. The first kappa shape index (κ1) is 12.5. The van der Waals surface area contributed by atoms with Crippen LogP contribution in [0.25, 0.3) is 11.5 Å². The standard InChI is InChI=1S/C15H21N3O/c1-10-4-3-5-13(10)16-8-12-9-17-18-15(12)14-7-6-11(2)19-14/h6-7,9-10,13,16H,3-5,8H2,1-2H3,(H,17,18). The first-order chi connectivity index (χ1) is 9.24. The number of aromatic amines is 1. The summed E-state index contributed by atoms with van der Waals surface area (Å²) in [4.78, 5) is 0. The summed E-state index contributed by atoms with van der Waals surface area (Å²) >= 11 is 0. The molecule has 1 saturated carbocycles. The van der Waals surface area contributed by atoms with E-state index in [1.54, 1.807) is 0 Å². The van der Waals surface area contributed by atoms with Crippen LogP contribution < -0.4 is 5.32 Å². The van der Waals surface area contributed by atoms with E-state index in [4.69, 9.17) is 4.42 Å². The summed E-state index contributed by atoms with van der Waals surface area (Å²) in [6.07, 6.45) is 5.86. The summed E-state index contributed by atoms with van der Waals surface area (Å²) in [6, 6.07) is 4.61. The van der Waals surface area contributed by atoms with Crippen LogP contribution in [0, 0.1) is 12.8 Å². The lowest BCUT2D eigenvalue weighted by atomic mass is 10.1. The number of furan rings is 1. The van der Waals surface area contributed by atoms with Crippen molar-refractivity contribution in [2.24, 2.45) is 5.92 Å². The minimum atomic E-state index is 0.640. The predicted molar refractivity (Wildman–Crippen MR) is 74.7 cm³/mol. The van der Waals surface area contributed by atoms with E-state index in [1.165, 1.54) is 24.8 Å². The van der Waals surface area contributed by atoms with E-state index in [-0.39, 0.29) is 0 Å². The van der Waals surface area contributed by atoms with Crippen LogP contribution in [-0.4, -0.2) is 16.2 Å². The van der Waals surface area contributed by atoms with Crippen molar-refractivity contribution in [2.75, 3.05) is 0 Å². The van der Waals surface area contributed by atoms with Crippen molar-refractivity contribution in [3.8, 4) is 11.5 Å². The average molecular weight is 259 g/mol. The van der Waals surface area contributed by atoms with E-state index in [9.17, 15) is 0 Å². The molecule has 4 heteroatoms. The number of hydrogen-bond donors (Lipinski definition) is 2. The Balaban J connectivity index is 1.70. The van der Waals surface area contributed by atoms with Crippen LogP contribution in [0.3, 0.4) is 0 Å². The molecule has 2 unspecified atom stereocenters. The molecule has 0 amide bonds. The number of nitrogens with zero attached hydrogens (tertiary/aromatic N) is 1. The third-order valence-electron chi connectivity index (χ3n) is 4.12. The van der Waals surface area contributed by atoms with Crippen LogP contribution >= 0.6 is 0 Å². The molecule has 2 atom stereocenters. The van der Waals surface area contributed by atoms with Gasteiger partial charge in [-0.3, -0.25) is 5.10 Å². The molecule has 3 rings (SSSR count). The molecule has 0 saturated heterocycles. The highest BCUT2D eigenvalue weighted by molar-refractivity contribution is 5.56. The number of H-pyrrole nitrogens is 1. The fraction of sp³-hybridized carbons (Fsp3) is 0.533. The number of nitrogens with one attached hydrogen (secondary N) is 2. The monoisotopic (exact) mass is 259 g/mol. The SMILES string of the molecule is Cc1ccc(-c2[nH]ncc2CNC2CCCC2C)o1. The number of aryl methyl sites for hydroxylation is 1. The summed E-state index contributed by atoms with van der Waals surface area (Å²) in [5.74, 6) is 2.57. The van der Waals surface area contributed by atoms with Crippen LogP contribution in [0.15, 0.2) is 22.7 Å². The maximum Gasteiger partial charge on any atom is 0.152 e. The van der Waals surface area contributed by atoms with E-state index in [0.717, 1.165) is 29.7 Å². The maximum atomic E-state index is 5.66. The fourth-order valence-corrected chi connectivity index (χ4v) is 2.92. The van der Waals surface area contributed by atoms with E-state index < -0.39 is 0 Å². The van der Waals surface area contributed by atoms with Crippen molar-refractivity contribution in [3.63, 3.8) is 0 Å². The quantitative estimate of drug-likeness (QED) is 0.886. The van der Waals surface area contributed by atoms with Gasteiger partial charge in [-0.1, -0.05) is 13.3 Å². The second-order valence-corrected chi connectivity index (χ2v) is 5.58. The summed E-state index contributed by atoms with van der Waals surface area (Å²) in [5.41, 5.74) is 2.17. The van der Waals surface area contributed by atoms with Gasteiger partial charge in [0, 0.05) is 18.2 Å². The molecule has 1 aliphatic carbocycles. The van der Waals surface area contributed by atoms with Gasteiger partial charge in [-0.05, 0) is 37.8 Å². The predicted octanol–water partition coefficient (Wildman–Crippen LogP) is 3.26. The fourth-order valence-electron chi connectivity index (χ4n) is 2.92. The summed E-state index contributed by atoms with van der Waals surface area (Å²) < 4.78 is 5.66. The number of aromatic nitrogens is 2. The second kappa shape index (κ2) is 5.21. The first-order valence-electron chi connectivity index (χ1n) is 7.06. The lowest BCUT2D eigenvalue weighted by Gasteiger charge is -2.16. The lowest BCUT2D eigenvalue weighted by Crippen LogP contribution is -2.30. The van der Waals surface area contributed by atoms with E-state index in [0.29, 0.717) is 6.04 Å². The average Bonchev–Trinajstić information content (AvgIpc) is 3.07. The molecular formula is C15H21N3O. The van der Waals surface area contributed by atoms with Gasteiger partial charge in [0.2, 0.25) is 0 Å². The largest absolute Gasteiger partial charge is 0.460 e. The van der Waals surface area contributed by atoms with Crippen LogP contribution in [-0.2, 0) is 6.54 Å². The molecule has 0 bridgehead atoms. The molecule has 0 aromatic carbocycles. The third kappa shape index (κ3) is 2.59. The molecule has 2 aromatic heterocycles. The molecule has 0 aliphatic heterocycles. The highest BCUT2D eigenvalue weighted by Gasteiger charge is 2.23. The van der Waals surface area contributed by atoms with Gasteiger partial charge < -0.3 is 9.73 Å². The molecule has 1 fully saturated rings. The van der Waals surface area contributed by atoms with Gasteiger partial charge in [-0.2, -0.15) is 5.10 Å². The third-order valence-corrected chi connectivity index (χ3v) is 4.12. The van der Waals surface area contributed by atoms with Crippen molar-refractivity contribution < 1.29 is 4.42 Å². The van der Waals surface area contributed by atoms with Crippen molar-refractivity contribution in [2.45, 2.75) is 45.7 Å². The Labute approximate surface area is 113 Å². The molecule has 2 N–H and O–H groups in total. The normalized spacial score (nSPS) is 23.1. The Hall–Kier alpha value is -1.55. The van der Waals surface area contributed by atoms with Gasteiger partial charge in [0.1, 0.15) is 11.5 Å². The van der Waals surface area contributed by atoms with E-state index in [1.807, 2.05) is 25.3 Å². The molecule has 1 aliphatic rings. The van der Waals surface area contributed by atoms with E-state index in [2.05, 4.69) is 22.4 Å². The van der Waals surface area contributed by atoms with Gasteiger partial charge in [0.15, 0.2) is 5.76 Å². The van der Waals surface area contributed by atoms with Crippen molar-refractivity contribution in [1.82, 2.24) is 15.5 Å². The molecule has 0 spiro atoms. The van der Waals surface area contributed by atoms with E-state index >= 15 is 0 Å². The van der Waals surface area contributed by atoms with Crippen molar-refractivity contribution in [3.05, 3.63) is 29.7 Å². The lowest BCUT2D eigenvalue weighted by molar-refractivity contribution is 0.426. The minimum absolute atomic E-state index is 0.640. The zero-order chi connectivity index (χ0) is 13.2. The van der Waals surface area contributed by atoms with Gasteiger partial charge >= 0.3 is 0 Å². The number of hydrogen-bond acceptors (Lipinski definition) is 3. The van der Waals surface area contributed by atoms with Crippen molar-refractivity contribution in [1.29, 1.82) is 0 Å². The van der Waals surface area contributed by atoms with Crippen LogP contribution in [0.1, 0.15) is 37.5 Å². The number of rotatable bonds is 4. The topological polar surface area (TPSA) is 53.9 Å². The van der Waals surface area contributed by atoms with Crippen LogP contribution in [0.2, 0.25) is 0 Å². The zero-order valence-electron chi connectivity index (χ0n) is 11.6. The minimum Gasteiger partial charge on any atom is -0.460 e. The summed E-state index contributed by atoms with van der Waals surface area (Å²) in [5, 5.41) is 10.8. The Kier molecular flexibility index (Phi) is 3.42. The Morgan fingerprint density at radius 1 is 1.42 bits per heavy atom. The smallest absolute Gasteiger partial charge is 0.152 e. The van der Waals surface area contributed by atoms with Gasteiger partial charge in [0.05, 0.1) is 6.20 Å². The Bertz CT molecular complexity index is 543. The summed E-state index contributed by atoms with van der Waals surface area (Å²) in [7, 11) is 0. The maximum absolute atomic E-state index is 5.66. The Morgan fingerprint density at radius 3 is 3.00 bits per heavy atom. The van der Waals surface area contributed by atoms with Gasteiger partial charge in [0.25, 0.3) is 0 Å². The highest BCUT2D eigenvalue weighted by atomic mass is 16.3. The molecule has 102 valence electrons. The molecular weight excluding hydrogens is 238 g/mol. The molecule has 2 aromatic rings. The second-order valence-electron chi connectivity index (χ2n) is 5.58. The van der Waals surface area contributed by atoms with Gasteiger partial charge in [-0.15, -0.1) is 0 Å². The molecule has 2 heterocycles. The zero-order valence-corrected chi connectivity index (χ0v) is 11.6. The van der Waals surface area contributed by atoms with Crippen LogP contribution in [0.5, 0.6) is 0 Å². The van der Waals surface area contributed by atoms with Crippen molar-refractivity contribution >= 4 is 0 Å².